The molecule has 7 nitrogen and oxygen atoms in total. The van der Waals surface area contributed by atoms with E-state index in [4.69, 9.17) is 0 Å². The average Bonchev–Trinajstić information content (AvgIpc) is 2.78. The molecule has 1 saturated heterocycles. The van der Waals surface area contributed by atoms with Gasteiger partial charge in [0.1, 0.15) is 30.6 Å². The molecule has 1 aliphatic heterocycles. The van der Waals surface area contributed by atoms with E-state index in [-0.39, 0.29) is 5.56 Å². The van der Waals surface area contributed by atoms with Crippen LogP contribution < -0.4 is 16.1 Å². The highest BCUT2D eigenvalue weighted by Crippen LogP contribution is 2.53. The summed E-state index contributed by atoms with van der Waals surface area (Å²) in [6.07, 6.45) is 3.05. The number of fused-ring (bicyclic) bond motifs is 1. The van der Waals surface area contributed by atoms with E-state index >= 15 is 0 Å². The van der Waals surface area contributed by atoms with Crippen LogP contribution in [0.4, 0.5) is 14.6 Å². The second kappa shape index (κ2) is 9.27. The molecule has 170 valence electrons. The van der Waals surface area contributed by atoms with Gasteiger partial charge in [0.2, 0.25) is 5.44 Å². The molecule has 1 fully saturated rings. The van der Waals surface area contributed by atoms with Crippen molar-refractivity contribution >= 4 is 29.6 Å². The first kappa shape index (κ1) is 22.9. The molecule has 3 N–H and O–H groups in total. The summed E-state index contributed by atoms with van der Waals surface area (Å²) in [6.45, 7) is 2.96. The summed E-state index contributed by atoms with van der Waals surface area (Å²) in [5.74, 6) is -1.89. The van der Waals surface area contributed by atoms with Gasteiger partial charge in [-0.2, -0.15) is 8.78 Å². The Morgan fingerprint density at radius 1 is 1.22 bits per heavy atom. The molecule has 0 unspecified atom stereocenters. The summed E-state index contributed by atoms with van der Waals surface area (Å²) in [7, 11) is -1.06. The number of hydrogen-bond acceptors (Lipinski definition) is 7. The van der Waals surface area contributed by atoms with Crippen LogP contribution in [0.5, 0.6) is 0 Å². The molecular weight excluding hydrogens is 435 g/mol. The summed E-state index contributed by atoms with van der Waals surface area (Å²) in [6, 6.07) is 8.14. The lowest BCUT2D eigenvalue weighted by molar-refractivity contribution is -0.0698. The molecule has 0 atom stereocenters. The van der Waals surface area contributed by atoms with Crippen molar-refractivity contribution in [3.63, 3.8) is 0 Å². The van der Waals surface area contributed by atoms with Crippen molar-refractivity contribution in [3.8, 4) is 0 Å². The number of anilines is 1. The van der Waals surface area contributed by atoms with Crippen LogP contribution in [0, 0.1) is 6.92 Å². The van der Waals surface area contributed by atoms with Crippen molar-refractivity contribution < 1.29 is 18.4 Å². The third-order valence-electron chi connectivity index (χ3n) is 5.56. The largest absolute Gasteiger partial charge is 0.378 e. The molecule has 0 saturated carbocycles. The maximum atomic E-state index is 14.2. The number of nitrogens with one attached hydrogen (secondary N) is 2. The lowest BCUT2D eigenvalue weighted by atomic mass is 10.1. The standard InChI is InChI=1S/C22H27F2N5O2P/c1-15-28-19-13-26-20(32(30)8-6-25-7-9-32)11-18(19)21(29-15)27-12-16-4-3-5-17(10-16)22(23,24)14-31-2/h3-5,10-11,13,25,30H,6-9,12,14H2,1-2H3,(H,27,28,29)/q+1. The fourth-order valence-electron chi connectivity index (χ4n) is 3.85. The minimum absolute atomic E-state index is 0.0909. The lowest BCUT2D eigenvalue weighted by Gasteiger charge is -2.24. The Hall–Kier alpha value is -2.32. The smallest absolute Gasteiger partial charge is 0.296 e. The normalized spacial score (nSPS) is 16.3. The predicted molar refractivity (Wildman–Crippen MR) is 123 cm³/mol. The van der Waals surface area contributed by atoms with Crippen LogP contribution in [-0.4, -0.2) is 59.0 Å². The van der Waals surface area contributed by atoms with Gasteiger partial charge in [0.25, 0.3) is 5.92 Å². The van der Waals surface area contributed by atoms with E-state index in [2.05, 4.69) is 30.3 Å². The maximum absolute atomic E-state index is 14.2. The molecular formula is C22H27F2N5O2P+. The molecule has 1 aliphatic rings. The minimum Gasteiger partial charge on any atom is -0.378 e. The summed E-state index contributed by atoms with van der Waals surface area (Å²) in [5.41, 5.74) is 1.97. The van der Waals surface area contributed by atoms with Gasteiger partial charge in [-0.3, -0.25) is 0 Å². The molecule has 0 aliphatic carbocycles. The van der Waals surface area contributed by atoms with Crippen LogP contribution in [0.2, 0.25) is 0 Å². The second-order valence-corrected chi connectivity index (χ2v) is 11.2. The maximum Gasteiger partial charge on any atom is 0.296 e. The predicted octanol–water partition coefficient (Wildman–Crippen LogP) is 2.84. The average molecular weight is 462 g/mol. The van der Waals surface area contributed by atoms with E-state index in [9.17, 15) is 13.7 Å². The topological polar surface area (TPSA) is 92.2 Å². The van der Waals surface area contributed by atoms with E-state index in [1.165, 1.54) is 19.2 Å². The molecule has 3 aromatic rings. The monoisotopic (exact) mass is 462 g/mol. The molecule has 0 radical (unpaired) electrons. The molecule has 3 heterocycles. The summed E-state index contributed by atoms with van der Waals surface area (Å²) < 4.78 is 33.1. The Morgan fingerprint density at radius 3 is 2.75 bits per heavy atom. The van der Waals surface area contributed by atoms with Crippen LogP contribution in [0.25, 0.3) is 10.9 Å². The van der Waals surface area contributed by atoms with Gasteiger partial charge in [0.05, 0.1) is 11.7 Å². The van der Waals surface area contributed by atoms with Crippen LogP contribution >= 0.6 is 7.49 Å². The number of benzene rings is 1. The van der Waals surface area contributed by atoms with Gasteiger partial charge in [-0.05, 0) is 18.6 Å². The number of ether oxygens (including phenoxy) is 1. The number of aryl methyl sites for hydroxylation is 1. The van der Waals surface area contributed by atoms with Crippen LogP contribution in [0.15, 0.2) is 36.5 Å². The Balaban J connectivity index is 1.62. The number of pyridine rings is 1. The van der Waals surface area contributed by atoms with Gasteiger partial charge in [-0.25, -0.2) is 19.8 Å². The van der Waals surface area contributed by atoms with Crippen molar-refractivity contribution in [1.29, 1.82) is 0 Å². The zero-order valence-corrected chi connectivity index (χ0v) is 19.0. The summed E-state index contributed by atoms with van der Waals surface area (Å²) in [4.78, 5) is 24.7. The molecule has 1 aromatic carbocycles. The Morgan fingerprint density at radius 2 is 2.00 bits per heavy atom. The molecule has 32 heavy (non-hydrogen) atoms. The third-order valence-corrected chi connectivity index (χ3v) is 8.58. The Bertz CT molecular complexity index is 1110. The highest BCUT2D eigenvalue weighted by Gasteiger charge is 2.42. The summed E-state index contributed by atoms with van der Waals surface area (Å²) in [5, 5.41) is 7.29. The Labute approximate surface area is 186 Å². The molecule has 0 spiro atoms. The van der Waals surface area contributed by atoms with E-state index in [0.717, 1.165) is 18.5 Å². The number of hydrogen-bond donors (Lipinski definition) is 3. The molecule has 2 aromatic heterocycles. The minimum atomic E-state index is -3.06. The fourth-order valence-corrected chi connectivity index (χ4v) is 6.23. The van der Waals surface area contributed by atoms with Gasteiger partial charge in [-0.1, -0.05) is 18.2 Å². The quantitative estimate of drug-likeness (QED) is 0.465. The van der Waals surface area contributed by atoms with Crippen LogP contribution in [0.3, 0.4) is 0 Å². The third kappa shape index (κ3) is 4.86. The fraction of sp³-hybridized carbons (Fsp3) is 0.409. The lowest BCUT2D eigenvalue weighted by Crippen LogP contribution is -2.36. The van der Waals surface area contributed by atoms with E-state index in [0.29, 0.717) is 47.0 Å². The van der Waals surface area contributed by atoms with E-state index in [1.807, 2.05) is 6.07 Å². The number of halogens is 2. The van der Waals surface area contributed by atoms with Gasteiger partial charge in [-0.15, -0.1) is 0 Å². The number of methoxy groups -OCH3 is 1. The first-order valence-corrected chi connectivity index (χ1v) is 12.6. The van der Waals surface area contributed by atoms with Crippen molar-refractivity contribution in [3.05, 3.63) is 53.5 Å². The molecule has 4 rings (SSSR count). The second-order valence-electron chi connectivity index (χ2n) is 7.99. The van der Waals surface area contributed by atoms with Crippen molar-refractivity contribution in [2.75, 3.05) is 44.4 Å². The highest BCUT2D eigenvalue weighted by molar-refractivity contribution is 7.77. The Kier molecular flexibility index (Phi) is 6.62. The number of rotatable bonds is 7. The number of nitrogens with zero attached hydrogens (tertiary/aromatic N) is 3. The number of aromatic nitrogens is 3. The highest BCUT2D eigenvalue weighted by atomic mass is 31.2. The van der Waals surface area contributed by atoms with Crippen molar-refractivity contribution in [2.24, 2.45) is 0 Å². The SMILES string of the molecule is COCC(F)(F)c1cccc(CNc2nc(C)nc3cnc([P+]4(O)CCNCC4)cc23)c1. The van der Waals surface area contributed by atoms with E-state index < -0.39 is 20.0 Å². The summed E-state index contributed by atoms with van der Waals surface area (Å²) >= 11 is 0. The first-order valence-electron chi connectivity index (χ1n) is 10.5. The van der Waals surface area contributed by atoms with Crippen molar-refractivity contribution in [1.82, 2.24) is 20.3 Å². The van der Waals surface area contributed by atoms with E-state index in [1.54, 1.807) is 25.3 Å². The van der Waals surface area contributed by atoms with Crippen molar-refractivity contribution in [2.45, 2.75) is 19.4 Å². The van der Waals surface area contributed by atoms with Gasteiger partial charge in [0.15, 0.2) is 7.49 Å². The van der Waals surface area contributed by atoms with Crippen LogP contribution in [0.1, 0.15) is 17.0 Å². The zero-order valence-electron chi connectivity index (χ0n) is 18.1. The number of alkyl halides is 2. The molecule has 10 heteroatoms. The van der Waals surface area contributed by atoms with Gasteiger partial charge in [0, 0.05) is 43.8 Å². The van der Waals surface area contributed by atoms with Crippen LogP contribution in [-0.2, 0) is 17.2 Å². The zero-order chi connectivity index (χ0) is 22.8. The molecule has 0 bridgehead atoms. The molecule has 0 amide bonds. The first-order chi connectivity index (χ1) is 15.3. The van der Waals surface area contributed by atoms with Gasteiger partial charge >= 0.3 is 0 Å². The van der Waals surface area contributed by atoms with Gasteiger partial charge < -0.3 is 15.4 Å².